The second kappa shape index (κ2) is 7.09. The van der Waals surface area contributed by atoms with Crippen LogP contribution in [0.15, 0.2) is 79.3 Å². The van der Waals surface area contributed by atoms with Crippen molar-refractivity contribution in [2.24, 2.45) is 5.73 Å². The Labute approximate surface area is 169 Å². The number of para-hydroxylation sites is 1. The first-order chi connectivity index (χ1) is 14.2. The lowest BCUT2D eigenvalue weighted by atomic mass is 9.98. The number of urea groups is 1. The Hall–Kier alpha value is -3.60. The molecule has 0 radical (unpaired) electrons. The summed E-state index contributed by atoms with van der Waals surface area (Å²) in [7, 11) is 0. The predicted molar refractivity (Wildman–Crippen MR) is 115 cm³/mol. The van der Waals surface area contributed by atoms with Gasteiger partial charge in [-0.25, -0.2) is 9.36 Å². The van der Waals surface area contributed by atoms with Gasteiger partial charge in [0, 0.05) is 48.4 Å². The topological polar surface area (TPSA) is 66.0 Å². The molecular formula is C24H23N4O+. The SMILES string of the molecule is NC(=O)N1CC(CC[n+]2ccc(-c3ccc4[nH]ccc4c3)cc2)c2ccccc21. The first kappa shape index (κ1) is 17.5. The normalized spacial score (nSPS) is 15.6. The number of aryl methyl sites for hydroxylation is 1. The fraction of sp³-hybridized carbons (Fsp3) is 0.167. The molecule has 0 saturated heterocycles. The highest BCUT2D eigenvalue weighted by molar-refractivity contribution is 5.93. The van der Waals surface area contributed by atoms with Crippen molar-refractivity contribution in [2.45, 2.75) is 18.9 Å². The molecule has 144 valence electrons. The van der Waals surface area contributed by atoms with Crippen LogP contribution in [0, 0.1) is 0 Å². The van der Waals surface area contributed by atoms with Crippen molar-refractivity contribution in [2.75, 3.05) is 11.4 Å². The second-order valence-corrected chi connectivity index (χ2v) is 7.60. The zero-order valence-electron chi connectivity index (χ0n) is 16.1. The van der Waals surface area contributed by atoms with E-state index in [-0.39, 0.29) is 6.03 Å². The zero-order chi connectivity index (χ0) is 19.8. The maximum Gasteiger partial charge on any atom is 0.319 e. The van der Waals surface area contributed by atoms with Gasteiger partial charge < -0.3 is 10.7 Å². The minimum atomic E-state index is -0.378. The molecule has 1 unspecified atom stereocenters. The molecular weight excluding hydrogens is 360 g/mol. The molecule has 0 fully saturated rings. The number of anilines is 1. The summed E-state index contributed by atoms with van der Waals surface area (Å²) in [6.07, 6.45) is 7.18. The first-order valence-electron chi connectivity index (χ1n) is 9.91. The van der Waals surface area contributed by atoms with Crippen molar-refractivity contribution >= 4 is 22.6 Å². The quantitative estimate of drug-likeness (QED) is 0.510. The lowest BCUT2D eigenvalue weighted by molar-refractivity contribution is -0.697. The molecule has 1 atom stereocenters. The number of hydrogen-bond donors (Lipinski definition) is 2. The third-order valence-electron chi connectivity index (χ3n) is 5.85. The van der Waals surface area contributed by atoms with Crippen molar-refractivity contribution in [3.63, 3.8) is 0 Å². The van der Waals surface area contributed by atoms with Crippen LogP contribution < -0.4 is 15.2 Å². The molecule has 2 amide bonds. The van der Waals surface area contributed by atoms with Crippen LogP contribution in [0.25, 0.3) is 22.0 Å². The molecule has 0 aliphatic carbocycles. The van der Waals surface area contributed by atoms with Crippen molar-refractivity contribution in [3.05, 3.63) is 84.8 Å². The summed E-state index contributed by atoms with van der Waals surface area (Å²) < 4.78 is 2.20. The van der Waals surface area contributed by atoms with Crippen LogP contribution in [0.3, 0.4) is 0 Å². The average Bonchev–Trinajstić information content (AvgIpc) is 3.37. The van der Waals surface area contributed by atoms with Gasteiger partial charge in [-0.1, -0.05) is 24.3 Å². The Bertz CT molecular complexity index is 1180. The molecule has 2 aromatic heterocycles. The van der Waals surface area contributed by atoms with Crippen LogP contribution >= 0.6 is 0 Å². The zero-order valence-corrected chi connectivity index (χ0v) is 16.1. The largest absolute Gasteiger partial charge is 0.361 e. The van der Waals surface area contributed by atoms with Gasteiger partial charge in [-0.3, -0.25) is 4.90 Å². The maximum atomic E-state index is 11.8. The summed E-state index contributed by atoms with van der Waals surface area (Å²) in [6.45, 7) is 1.55. The fourth-order valence-electron chi connectivity index (χ4n) is 4.29. The Kier molecular flexibility index (Phi) is 4.28. The van der Waals surface area contributed by atoms with Gasteiger partial charge in [-0.2, -0.15) is 0 Å². The van der Waals surface area contributed by atoms with Gasteiger partial charge in [0.15, 0.2) is 12.4 Å². The van der Waals surface area contributed by atoms with E-state index in [0.29, 0.717) is 12.5 Å². The van der Waals surface area contributed by atoms with Crippen LogP contribution in [0.5, 0.6) is 0 Å². The van der Waals surface area contributed by atoms with Crippen LogP contribution in [-0.2, 0) is 6.54 Å². The molecule has 0 bridgehead atoms. The molecule has 0 saturated carbocycles. The number of aromatic amines is 1. The van der Waals surface area contributed by atoms with Gasteiger partial charge in [-0.15, -0.1) is 0 Å². The molecule has 4 aromatic rings. The number of benzene rings is 2. The number of fused-ring (bicyclic) bond motifs is 2. The summed E-state index contributed by atoms with van der Waals surface area (Å²) in [5, 5.41) is 1.22. The van der Waals surface area contributed by atoms with Gasteiger partial charge in [0.1, 0.15) is 6.54 Å². The summed E-state index contributed by atoms with van der Waals surface area (Å²) in [5.74, 6) is 0.307. The van der Waals surface area contributed by atoms with E-state index in [1.165, 1.54) is 22.1 Å². The molecule has 3 N–H and O–H groups in total. The summed E-state index contributed by atoms with van der Waals surface area (Å²) >= 11 is 0. The Morgan fingerprint density at radius 2 is 1.90 bits per heavy atom. The Balaban J connectivity index is 1.30. The fourth-order valence-corrected chi connectivity index (χ4v) is 4.29. The van der Waals surface area contributed by atoms with Crippen molar-refractivity contribution < 1.29 is 9.36 Å². The second-order valence-electron chi connectivity index (χ2n) is 7.60. The number of amides is 2. The molecule has 5 rings (SSSR count). The van der Waals surface area contributed by atoms with Crippen molar-refractivity contribution in [1.82, 2.24) is 4.98 Å². The number of hydrogen-bond acceptors (Lipinski definition) is 1. The smallest absolute Gasteiger partial charge is 0.319 e. The standard InChI is InChI=1S/C24H22N4O/c25-24(29)28-16-20(21-3-1-2-4-23(21)28)10-14-27-12-8-17(9-13-27)18-5-6-22-19(15-18)7-11-26-22/h1-9,11-13,15,20H,10,14,16H2,(H2,25,29)/p+1. The number of nitrogens with one attached hydrogen (secondary N) is 1. The number of H-pyrrole nitrogens is 1. The lowest BCUT2D eigenvalue weighted by Crippen LogP contribution is -2.36. The monoisotopic (exact) mass is 383 g/mol. The Morgan fingerprint density at radius 1 is 1.07 bits per heavy atom. The van der Waals surface area contributed by atoms with E-state index < -0.39 is 0 Å². The molecule has 2 aromatic carbocycles. The maximum absolute atomic E-state index is 11.8. The highest BCUT2D eigenvalue weighted by Crippen LogP contribution is 2.37. The minimum absolute atomic E-state index is 0.307. The van der Waals surface area contributed by atoms with Crippen molar-refractivity contribution in [3.8, 4) is 11.1 Å². The van der Waals surface area contributed by atoms with E-state index in [1.54, 1.807) is 4.90 Å². The van der Waals surface area contributed by atoms with Gasteiger partial charge in [0.25, 0.3) is 0 Å². The number of pyridine rings is 1. The Morgan fingerprint density at radius 3 is 2.72 bits per heavy atom. The lowest BCUT2D eigenvalue weighted by Gasteiger charge is -2.14. The molecule has 1 aliphatic rings. The minimum Gasteiger partial charge on any atom is -0.361 e. The first-order valence-corrected chi connectivity index (χ1v) is 9.91. The van der Waals surface area contributed by atoms with Crippen molar-refractivity contribution in [1.29, 1.82) is 0 Å². The van der Waals surface area contributed by atoms with E-state index in [1.807, 2.05) is 24.4 Å². The third-order valence-corrected chi connectivity index (χ3v) is 5.85. The number of carbonyl (C=O) groups is 1. The van der Waals surface area contributed by atoms with Crippen LogP contribution in [-0.4, -0.2) is 17.6 Å². The van der Waals surface area contributed by atoms with E-state index >= 15 is 0 Å². The van der Waals surface area contributed by atoms with Gasteiger partial charge >= 0.3 is 6.03 Å². The summed E-state index contributed by atoms with van der Waals surface area (Å²) in [5.41, 5.74) is 11.3. The van der Waals surface area contributed by atoms with E-state index in [4.69, 9.17) is 5.73 Å². The highest BCUT2D eigenvalue weighted by atomic mass is 16.2. The molecule has 1 aliphatic heterocycles. The number of carbonyl (C=O) groups excluding carboxylic acids is 1. The molecule has 3 heterocycles. The predicted octanol–water partition coefficient (Wildman–Crippen LogP) is 4.20. The van der Waals surface area contributed by atoms with E-state index in [9.17, 15) is 4.79 Å². The van der Waals surface area contributed by atoms with E-state index in [2.05, 4.69) is 64.4 Å². The number of rotatable bonds is 4. The van der Waals surface area contributed by atoms with Gasteiger partial charge in [0.05, 0.1) is 0 Å². The van der Waals surface area contributed by atoms with Crippen LogP contribution in [0.1, 0.15) is 17.9 Å². The summed E-state index contributed by atoms with van der Waals surface area (Å²) in [4.78, 5) is 16.7. The van der Waals surface area contributed by atoms with Gasteiger partial charge in [-0.05, 0) is 46.3 Å². The molecule has 0 spiro atoms. The van der Waals surface area contributed by atoms with E-state index in [0.717, 1.165) is 24.2 Å². The number of nitrogens with zero attached hydrogens (tertiary/aromatic N) is 2. The highest BCUT2D eigenvalue weighted by Gasteiger charge is 2.31. The van der Waals surface area contributed by atoms with Crippen LogP contribution in [0.4, 0.5) is 10.5 Å². The third kappa shape index (κ3) is 3.25. The summed E-state index contributed by atoms with van der Waals surface area (Å²) in [6, 6.07) is 20.6. The van der Waals surface area contributed by atoms with Crippen LogP contribution in [0.2, 0.25) is 0 Å². The average molecular weight is 383 g/mol. The van der Waals surface area contributed by atoms with Gasteiger partial charge in [0.2, 0.25) is 0 Å². The number of primary amides is 1. The molecule has 5 nitrogen and oxygen atoms in total. The molecule has 29 heavy (non-hydrogen) atoms. The number of nitrogens with two attached hydrogens (primary N) is 1. The molecule has 5 heteroatoms. The number of aromatic nitrogens is 2.